The lowest BCUT2D eigenvalue weighted by Gasteiger charge is -2.01. The lowest BCUT2D eigenvalue weighted by molar-refractivity contribution is 0.977. The summed E-state index contributed by atoms with van der Waals surface area (Å²) < 4.78 is 0.328. The number of nitrogens with zero attached hydrogens (tertiary/aromatic N) is 2. The molecule has 2 rings (SSSR count). The van der Waals surface area contributed by atoms with Crippen molar-refractivity contribution in [1.82, 2.24) is 10.2 Å². The smallest absolute Gasteiger partial charge is 0.275 e. The second-order valence-corrected chi connectivity index (χ2v) is 5.08. The molecule has 98 valence electrons. The number of hydrogen-bond acceptors (Lipinski definition) is 4. The number of hydrazone groups is 1. The second-order valence-electron chi connectivity index (χ2n) is 3.47. The van der Waals surface area contributed by atoms with Gasteiger partial charge in [-0.05, 0) is 33.6 Å². The van der Waals surface area contributed by atoms with E-state index < -0.39 is 0 Å². The lowest BCUT2D eigenvalue weighted by atomic mass is 10.2. The molecule has 0 aliphatic heterocycles. The number of aromatic amines is 1. The minimum absolute atomic E-state index is 0.328. The van der Waals surface area contributed by atoms with Gasteiger partial charge in [0.1, 0.15) is 4.47 Å². The molecular weight excluding hydrogens is 355 g/mol. The fourth-order valence-electron chi connectivity index (χ4n) is 1.23. The van der Waals surface area contributed by atoms with Gasteiger partial charge in [-0.2, -0.15) is 10.2 Å². The molecule has 1 aromatic heterocycles. The molecule has 0 aliphatic rings. The van der Waals surface area contributed by atoms with Crippen LogP contribution < -0.4 is 11.0 Å². The molecule has 2 aromatic rings. The van der Waals surface area contributed by atoms with Crippen LogP contribution in [0.4, 0.5) is 5.69 Å². The molecule has 1 heterocycles. The highest BCUT2D eigenvalue weighted by Gasteiger charge is 2.02. The summed E-state index contributed by atoms with van der Waals surface area (Å²) in [6.45, 7) is 0. The molecule has 0 spiro atoms. The Morgan fingerprint density at radius 3 is 2.89 bits per heavy atom. The van der Waals surface area contributed by atoms with Crippen LogP contribution in [0.2, 0.25) is 10.0 Å². The predicted octanol–water partition coefficient (Wildman–Crippen LogP) is 3.29. The van der Waals surface area contributed by atoms with Gasteiger partial charge in [0.15, 0.2) is 0 Å². The third-order valence-corrected chi connectivity index (χ3v) is 3.66. The second kappa shape index (κ2) is 6.18. The van der Waals surface area contributed by atoms with Crippen molar-refractivity contribution >= 4 is 51.0 Å². The van der Waals surface area contributed by atoms with Gasteiger partial charge in [-0.15, -0.1) is 0 Å². The van der Waals surface area contributed by atoms with Gasteiger partial charge in [-0.1, -0.05) is 29.3 Å². The van der Waals surface area contributed by atoms with Crippen LogP contribution in [0.3, 0.4) is 0 Å². The number of nitrogens with one attached hydrogen (secondary N) is 2. The van der Waals surface area contributed by atoms with Gasteiger partial charge in [0.2, 0.25) is 0 Å². The van der Waals surface area contributed by atoms with Crippen LogP contribution in [-0.4, -0.2) is 16.4 Å². The van der Waals surface area contributed by atoms with Crippen molar-refractivity contribution in [3.8, 4) is 0 Å². The summed E-state index contributed by atoms with van der Waals surface area (Å²) >= 11 is 14.8. The maximum Gasteiger partial charge on any atom is 0.280 e. The summed E-state index contributed by atoms with van der Waals surface area (Å²) in [7, 11) is 0. The molecule has 19 heavy (non-hydrogen) atoms. The fourth-order valence-corrected chi connectivity index (χ4v) is 1.82. The van der Waals surface area contributed by atoms with Crippen LogP contribution in [0.1, 0.15) is 5.56 Å². The summed E-state index contributed by atoms with van der Waals surface area (Å²) in [5, 5.41) is 10.9. The molecule has 0 bridgehead atoms. The van der Waals surface area contributed by atoms with Gasteiger partial charge in [-0.3, -0.25) is 10.2 Å². The number of rotatable bonds is 3. The third-order valence-electron chi connectivity index (χ3n) is 2.14. The van der Waals surface area contributed by atoms with Gasteiger partial charge in [0.05, 0.1) is 28.1 Å². The molecular formula is C11H7BrCl2N4O. The van der Waals surface area contributed by atoms with Crippen molar-refractivity contribution in [3.05, 3.63) is 54.8 Å². The Morgan fingerprint density at radius 1 is 1.37 bits per heavy atom. The van der Waals surface area contributed by atoms with Crippen molar-refractivity contribution in [2.45, 2.75) is 0 Å². The molecule has 0 atom stereocenters. The molecule has 1 aromatic carbocycles. The number of hydrogen-bond donors (Lipinski definition) is 2. The summed E-state index contributed by atoms with van der Waals surface area (Å²) in [6, 6.07) is 5.13. The predicted molar refractivity (Wildman–Crippen MR) is 80.2 cm³/mol. The first-order valence-electron chi connectivity index (χ1n) is 5.05. The van der Waals surface area contributed by atoms with Crippen molar-refractivity contribution in [1.29, 1.82) is 0 Å². The van der Waals surface area contributed by atoms with E-state index in [1.54, 1.807) is 24.4 Å². The van der Waals surface area contributed by atoms with E-state index in [0.29, 0.717) is 20.2 Å². The van der Waals surface area contributed by atoms with E-state index >= 15 is 0 Å². The summed E-state index contributed by atoms with van der Waals surface area (Å²) in [5.41, 5.74) is 3.59. The van der Waals surface area contributed by atoms with Crippen LogP contribution >= 0.6 is 39.1 Å². The van der Waals surface area contributed by atoms with E-state index in [-0.39, 0.29) is 5.56 Å². The summed E-state index contributed by atoms with van der Waals surface area (Å²) in [6.07, 6.45) is 2.99. The van der Waals surface area contributed by atoms with Gasteiger partial charge >= 0.3 is 0 Å². The Morgan fingerprint density at radius 2 is 2.16 bits per heavy atom. The Balaban J connectivity index is 2.13. The molecule has 0 radical (unpaired) electrons. The number of benzene rings is 1. The Kier molecular flexibility index (Phi) is 4.57. The molecule has 0 amide bonds. The Bertz CT molecular complexity index is 687. The number of anilines is 1. The van der Waals surface area contributed by atoms with Gasteiger partial charge < -0.3 is 0 Å². The average Bonchev–Trinajstić information content (AvgIpc) is 2.39. The SMILES string of the molecule is O=c1[nH]ncc(NN=Cc2ccc(Cl)c(Cl)c2)c1Br. The van der Waals surface area contributed by atoms with Gasteiger partial charge in [0.25, 0.3) is 5.56 Å². The van der Waals surface area contributed by atoms with E-state index in [1.165, 1.54) is 6.20 Å². The number of aromatic nitrogens is 2. The largest absolute Gasteiger partial charge is 0.280 e. The molecule has 0 unspecified atom stereocenters. The summed E-state index contributed by atoms with van der Waals surface area (Å²) in [5.74, 6) is 0. The van der Waals surface area contributed by atoms with Gasteiger partial charge in [0, 0.05) is 0 Å². The van der Waals surface area contributed by atoms with Crippen LogP contribution in [0.25, 0.3) is 0 Å². The molecule has 0 aliphatic carbocycles. The first kappa shape index (κ1) is 14.0. The monoisotopic (exact) mass is 360 g/mol. The van der Waals surface area contributed by atoms with Crippen molar-refractivity contribution < 1.29 is 0 Å². The molecule has 0 saturated heterocycles. The maximum absolute atomic E-state index is 11.3. The van der Waals surface area contributed by atoms with E-state index in [2.05, 4.69) is 36.7 Å². The highest BCUT2D eigenvalue weighted by molar-refractivity contribution is 9.10. The molecule has 5 nitrogen and oxygen atoms in total. The highest BCUT2D eigenvalue weighted by atomic mass is 79.9. The van der Waals surface area contributed by atoms with Crippen LogP contribution in [0, 0.1) is 0 Å². The normalized spacial score (nSPS) is 10.9. The fraction of sp³-hybridized carbons (Fsp3) is 0. The van der Waals surface area contributed by atoms with Crippen molar-refractivity contribution in [2.75, 3.05) is 5.43 Å². The minimum atomic E-state index is -0.338. The molecule has 2 N–H and O–H groups in total. The van der Waals surface area contributed by atoms with Gasteiger partial charge in [-0.25, -0.2) is 5.10 Å². The number of H-pyrrole nitrogens is 1. The van der Waals surface area contributed by atoms with E-state index in [4.69, 9.17) is 23.2 Å². The van der Waals surface area contributed by atoms with Crippen LogP contribution in [-0.2, 0) is 0 Å². The zero-order valence-electron chi connectivity index (χ0n) is 9.32. The molecule has 8 heteroatoms. The first-order chi connectivity index (χ1) is 9.08. The zero-order chi connectivity index (χ0) is 13.8. The Labute approximate surface area is 126 Å². The van der Waals surface area contributed by atoms with E-state index in [0.717, 1.165) is 5.56 Å². The van der Waals surface area contributed by atoms with Crippen molar-refractivity contribution in [2.24, 2.45) is 5.10 Å². The van der Waals surface area contributed by atoms with Crippen LogP contribution in [0.15, 0.2) is 38.8 Å². The quantitative estimate of drug-likeness (QED) is 0.651. The topological polar surface area (TPSA) is 70.1 Å². The average molecular weight is 362 g/mol. The molecule has 0 fully saturated rings. The first-order valence-corrected chi connectivity index (χ1v) is 6.60. The van der Waals surface area contributed by atoms with E-state index in [9.17, 15) is 4.79 Å². The summed E-state index contributed by atoms with van der Waals surface area (Å²) in [4.78, 5) is 11.3. The zero-order valence-corrected chi connectivity index (χ0v) is 12.4. The third kappa shape index (κ3) is 3.56. The number of halogens is 3. The maximum atomic E-state index is 11.3. The van der Waals surface area contributed by atoms with E-state index in [1.807, 2.05) is 0 Å². The minimum Gasteiger partial charge on any atom is -0.275 e. The highest BCUT2D eigenvalue weighted by Crippen LogP contribution is 2.22. The molecule has 0 saturated carbocycles. The standard InChI is InChI=1S/C11H7BrCl2N4O/c12-10-9(5-16-18-11(10)19)17-15-4-6-1-2-7(13)8(14)3-6/h1-5H,(H2,17,18,19). The van der Waals surface area contributed by atoms with Crippen LogP contribution in [0.5, 0.6) is 0 Å². The Hall–Kier alpha value is -1.37. The lowest BCUT2D eigenvalue weighted by Crippen LogP contribution is -2.10. The van der Waals surface area contributed by atoms with Crippen molar-refractivity contribution in [3.63, 3.8) is 0 Å².